The van der Waals surface area contributed by atoms with Gasteiger partial charge in [0.2, 0.25) is 0 Å². The summed E-state index contributed by atoms with van der Waals surface area (Å²) < 4.78 is 33.0. The molecule has 31 heavy (non-hydrogen) atoms. The van der Waals surface area contributed by atoms with Crippen LogP contribution in [0.4, 0.5) is 5.69 Å². The summed E-state index contributed by atoms with van der Waals surface area (Å²) in [6.45, 7) is 1.30. The highest BCUT2D eigenvalue weighted by Gasteiger charge is 2.13. The first-order chi connectivity index (χ1) is 14.5. The maximum atomic E-state index is 12.4. The quantitative estimate of drug-likeness (QED) is 0.380. The molecule has 0 aliphatic heterocycles. The highest BCUT2D eigenvalue weighted by atomic mass is 35.5. The SMILES string of the molecule is Cl.O=S(=O)(Nc1ccccc1)c1ccc(CCNC[C@@H](O)COc2ccccc2)cc1. The van der Waals surface area contributed by atoms with E-state index in [9.17, 15) is 13.5 Å². The van der Waals surface area contributed by atoms with E-state index in [1.807, 2.05) is 36.4 Å². The summed E-state index contributed by atoms with van der Waals surface area (Å²) in [5.74, 6) is 0.730. The van der Waals surface area contributed by atoms with Crippen molar-refractivity contribution in [3.8, 4) is 5.75 Å². The third-order valence-electron chi connectivity index (χ3n) is 4.42. The van der Waals surface area contributed by atoms with E-state index < -0.39 is 16.1 Å². The molecule has 1 atom stereocenters. The third kappa shape index (κ3) is 8.22. The van der Waals surface area contributed by atoms with E-state index in [0.29, 0.717) is 18.8 Å². The zero-order valence-electron chi connectivity index (χ0n) is 17.0. The fourth-order valence-corrected chi connectivity index (χ4v) is 3.88. The highest BCUT2D eigenvalue weighted by Crippen LogP contribution is 2.16. The smallest absolute Gasteiger partial charge is 0.261 e. The van der Waals surface area contributed by atoms with Gasteiger partial charge in [0.1, 0.15) is 18.5 Å². The van der Waals surface area contributed by atoms with Gasteiger partial charge in [-0.3, -0.25) is 4.72 Å². The minimum atomic E-state index is -3.61. The number of nitrogens with one attached hydrogen (secondary N) is 2. The van der Waals surface area contributed by atoms with Crippen LogP contribution >= 0.6 is 12.4 Å². The number of hydrogen-bond acceptors (Lipinski definition) is 5. The number of para-hydroxylation sites is 2. The van der Waals surface area contributed by atoms with Gasteiger partial charge in [-0.25, -0.2) is 8.42 Å². The molecule has 166 valence electrons. The number of benzene rings is 3. The second-order valence-corrected chi connectivity index (χ2v) is 8.53. The lowest BCUT2D eigenvalue weighted by atomic mass is 10.1. The lowest BCUT2D eigenvalue weighted by Gasteiger charge is -2.13. The van der Waals surface area contributed by atoms with Crippen LogP contribution in [0.3, 0.4) is 0 Å². The van der Waals surface area contributed by atoms with Crippen LogP contribution in [0, 0.1) is 0 Å². The standard InChI is InChI=1S/C23H26N2O4S.ClH/c26-21(18-29-22-9-5-2-6-10-22)17-24-16-15-19-11-13-23(14-12-19)30(27,28)25-20-7-3-1-4-8-20;/h1-14,21,24-26H,15-18H2;1H/t21-;/m1./s1. The summed E-state index contributed by atoms with van der Waals surface area (Å²) in [5, 5.41) is 13.2. The first-order valence-electron chi connectivity index (χ1n) is 9.76. The number of ether oxygens (including phenoxy) is 1. The molecule has 3 aromatic carbocycles. The molecule has 8 heteroatoms. The van der Waals surface area contributed by atoms with E-state index >= 15 is 0 Å². The molecule has 0 aliphatic rings. The molecule has 0 fully saturated rings. The van der Waals surface area contributed by atoms with Crippen LogP contribution in [-0.2, 0) is 16.4 Å². The van der Waals surface area contributed by atoms with E-state index in [4.69, 9.17) is 4.74 Å². The molecule has 0 spiro atoms. The van der Waals surface area contributed by atoms with E-state index in [0.717, 1.165) is 17.7 Å². The molecule has 0 amide bonds. The Morgan fingerprint density at radius 2 is 1.48 bits per heavy atom. The molecular formula is C23H27ClN2O4S. The van der Waals surface area contributed by atoms with Gasteiger partial charge in [0, 0.05) is 12.2 Å². The maximum Gasteiger partial charge on any atom is 0.261 e. The summed E-state index contributed by atoms with van der Waals surface area (Å²) in [5.41, 5.74) is 1.54. The topological polar surface area (TPSA) is 87.7 Å². The monoisotopic (exact) mass is 462 g/mol. The van der Waals surface area contributed by atoms with Crippen molar-refractivity contribution < 1.29 is 18.3 Å². The first kappa shape index (κ1) is 24.7. The van der Waals surface area contributed by atoms with Crippen molar-refractivity contribution in [3.05, 3.63) is 90.5 Å². The molecule has 0 bridgehead atoms. The van der Waals surface area contributed by atoms with Gasteiger partial charge in [0.25, 0.3) is 10.0 Å². The molecule has 0 unspecified atom stereocenters. The zero-order valence-corrected chi connectivity index (χ0v) is 18.6. The second kappa shape index (κ2) is 12.3. The molecular weight excluding hydrogens is 436 g/mol. The van der Waals surface area contributed by atoms with Crippen molar-refractivity contribution in [1.29, 1.82) is 0 Å². The fourth-order valence-electron chi connectivity index (χ4n) is 2.83. The van der Waals surface area contributed by atoms with Crippen molar-refractivity contribution in [1.82, 2.24) is 5.32 Å². The van der Waals surface area contributed by atoms with Crippen molar-refractivity contribution in [2.45, 2.75) is 17.4 Å². The number of hydrogen-bond donors (Lipinski definition) is 3. The van der Waals surface area contributed by atoms with Gasteiger partial charge >= 0.3 is 0 Å². The molecule has 0 saturated heterocycles. The number of sulfonamides is 1. The highest BCUT2D eigenvalue weighted by molar-refractivity contribution is 7.92. The summed E-state index contributed by atoms with van der Waals surface area (Å²) in [6, 6.07) is 25.0. The Labute approximate surface area is 189 Å². The Kier molecular flexibility index (Phi) is 9.81. The van der Waals surface area contributed by atoms with E-state index in [-0.39, 0.29) is 23.9 Å². The van der Waals surface area contributed by atoms with Gasteiger partial charge in [-0.05, 0) is 54.9 Å². The first-order valence-corrected chi connectivity index (χ1v) is 11.2. The average Bonchev–Trinajstić information content (AvgIpc) is 2.77. The van der Waals surface area contributed by atoms with Gasteiger partial charge in [0.15, 0.2) is 0 Å². The predicted octanol–water partition coefficient (Wildman–Crippen LogP) is 3.48. The van der Waals surface area contributed by atoms with Crippen LogP contribution in [0.15, 0.2) is 89.8 Å². The Balaban J connectivity index is 0.00000341. The molecule has 0 heterocycles. The lowest BCUT2D eigenvalue weighted by Crippen LogP contribution is -2.32. The summed E-state index contributed by atoms with van der Waals surface area (Å²) in [7, 11) is -3.61. The van der Waals surface area contributed by atoms with Gasteiger partial charge in [-0.2, -0.15) is 0 Å². The van der Waals surface area contributed by atoms with Crippen LogP contribution in [-0.4, -0.2) is 39.3 Å². The van der Waals surface area contributed by atoms with Crippen LogP contribution in [0.2, 0.25) is 0 Å². The minimum Gasteiger partial charge on any atom is -0.491 e. The average molecular weight is 463 g/mol. The lowest BCUT2D eigenvalue weighted by molar-refractivity contribution is 0.106. The van der Waals surface area contributed by atoms with Crippen molar-refractivity contribution in [2.24, 2.45) is 0 Å². The van der Waals surface area contributed by atoms with Gasteiger partial charge < -0.3 is 15.2 Å². The van der Waals surface area contributed by atoms with Crippen LogP contribution in [0.25, 0.3) is 0 Å². The van der Waals surface area contributed by atoms with Gasteiger partial charge in [0.05, 0.1) is 4.90 Å². The Bertz CT molecular complexity index is 1000. The molecule has 6 nitrogen and oxygen atoms in total. The largest absolute Gasteiger partial charge is 0.491 e. The molecule has 0 aromatic heterocycles. The van der Waals surface area contributed by atoms with Crippen LogP contribution < -0.4 is 14.8 Å². The third-order valence-corrected chi connectivity index (χ3v) is 5.81. The molecule has 0 radical (unpaired) electrons. The number of anilines is 1. The van der Waals surface area contributed by atoms with Crippen LogP contribution in [0.5, 0.6) is 5.75 Å². The van der Waals surface area contributed by atoms with Crippen LogP contribution in [0.1, 0.15) is 5.56 Å². The number of aliphatic hydroxyl groups excluding tert-OH is 1. The molecule has 3 rings (SSSR count). The predicted molar refractivity (Wildman–Crippen MR) is 125 cm³/mol. The molecule has 3 aromatic rings. The molecule has 0 saturated carbocycles. The van der Waals surface area contributed by atoms with E-state index in [2.05, 4.69) is 10.0 Å². The summed E-state index contributed by atoms with van der Waals surface area (Å²) >= 11 is 0. The Morgan fingerprint density at radius 1 is 0.871 bits per heavy atom. The Hall–Kier alpha value is -2.58. The number of aliphatic hydroxyl groups is 1. The number of rotatable bonds is 11. The zero-order chi connectivity index (χ0) is 21.2. The maximum absolute atomic E-state index is 12.4. The van der Waals surface area contributed by atoms with Crippen molar-refractivity contribution >= 4 is 28.1 Å². The summed E-state index contributed by atoms with van der Waals surface area (Å²) in [4.78, 5) is 0.219. The second-order valence-electron chi connectivity index (χ2n) is 6.85. The molecule has 0 aliphatic carbocycles. The fraction of sp³-hybridized carbons (Fsp3) is 0.217. The normalized spacial score (nSPS) is 11.9. The minimum absolute atomic E-state index is 0. The van der Waals surface area contributed by atoms with Crippen molar-refractivity contribution in [2.75, 3.05) is 24.4 Å². The Morgan fingerprint density at radius 3 is 2.13 bits per heavy atom. The van der Waals surface area contributed by atoms with Gasteiger partial charge in [-0.1, -0.05) is 48.5 Å². The van der Waals surface area contributed by atoms with Crippen molar-refractivity contribution in [3.63, 3.8) is 0 Å². The number of halogens is 1. The van der Waals surface area contributed by atoms with E-state index in [1.165, 1.54) is 0 Å². The van der Waals surface area contributed by atoms with E-state index in [1.54, 1.807) is 48.5 Å². The molecule has 3 N–H and O–H groups in total. The van der Waals surface area contributed by atoms with Gasteiger partial charge in [-0.15, -0.1) is 12.4 Å². The summed E-state index contributed by atoms with van der Waals surface area (Å²) in [6.07, 6.45) is 0.111.